The molecule has 0 aliphatic rings. The van der Waals surface area contributed by atoms with E-state index in [0.717, 1.165) is 27.4 Å². The number of hydrogen-bond acceptors (Lipinski definition) is 4. The van der Waals surface area contributed by atoms with Crippen LogP contribution in [0.4, 0.5) is 5.69 Å². The summed E-state index contributed by atoms with van der Waals surface area (Å²) < 4.78 is 31.1. The van der Waals surface area contributed by atoms with E-state index in [1.807, 2.05) is 61.5 Å². The lowest BCUT2D eigenvalue weighted by molar-refractivity contribution is -0.119. The molecule has 0 radical (unpaired) electrons. The average molecular weight is 427 g/mol. The van der Waals surface area contributed by atoms with E-state index < -0.39 is 10.0 Å². The minimum Gasteiger partial charge on any atom is -0.469 e. The lowest BCUT2D eigenvalue weighted by Gasteiger charge is -2.22. The van der Waals surface area contributed by atoms with Crippen molar-refractivity contribution in [3.8, 4) is 0 Å². The van der Waals surface area contributed by atoms with E-state index in [1.54, 1.807) is 18.4 Å². The number of benzene rings is 2. The van der Waals surface area contributed by atoms with Crippen molar-refractivity contribution in [3.63, 3.8) is 0 Å². The van der Waals surface area contributed by atoms with Gasteiger partial charge in [-0.15, -0.1) is 0 Å². The van der Waals surface area contributed by atoms with Crippen LogP contribution >= 0.6 is 0 Å². The Labute approximate surface area is 177 Å². The van der Waals surface area contributed by atoms with Crippen molar-refractivity contribution in [2.24, 2.45) is 0 Å². The summed E-state index contributed by atoms with van der Waals surface area (Å²) >= 11 is 0. The van der Waals surface area contributed by atoms with Crippen LogP contribution in [0, 0.1) is 6.92 Å². The van der Waals surface area contributed by atoms with Crippen LogP contribution in [0.15, 0.2) is 77.4 Å². The number of nitrogens with zero attached hydrogens (tertiary/aromatic N) is 1. The quantitative estimate of drug-likeness (QED) is 0.566. The zero-order valence-electron chi connectivity index (χ0n) is 17.1. The van der Waals surface area contributed by atoms with Crippen molar-refractivity contribution in [2.45, 2.75) is 19.3 Å². The number of hydrogen-bond donors (Lipinski definition) is 1. The third-order valence-electron chi connectivity index (χ3n) is 4.85. The molecule has 1 heterocycles. The summed E-state index contributed by atoms with van der Waals surface area (Å²) in [5.41, 5.74) is 2.58. The molecule has 0 aliphatic heterocycles. The van der Waals surface area contributed by atoms with Crippen LogP contribution in [0.25, 0.3) is 0 Å². The molecule has 0 fully saturated rings. The van der Waals surface area contributed by atoms with Crippen LogP contribution in [0.5, 0.6) is 0 Å². The number of rotatable bonds is 9. The Hall–Kier alpha value is -3.06. The van der Waals surface area contributed by atoms with E-state index in [1.165, 1.54) is 0 Å². The minimum atomic E-state index is -3.59. The highest BCUT2D eigenvalue weighted by Crippen LogP contribution is 2.27. The Balaban J connectivity index is 1.64. The van der Waals surface area contributed by atoms with Gasteiger partial charge >= 0.3 is 0 Å². The third kappa shape index (κ3) is 5.73. The zero-order valence-corrected chi connectivity index (χ0v) is 17.9. The summed E-state index contributed by atoms with van der Waals surface area (Å²) in [5, 5.41) is 2.84. The van der Waals surface area contributed by atoms with Crippen LogP contribution in [0.3, 0.4) is 0 Å². The van der Waals surface area contributed by atoms with Gasteiger partial charge < -0.3 is 9.73 Å². The number of furan rings is 1. The first-order valence-corrected chi connectivity index (χ1v) is 11.6. The average Bonchev–Trinajstić information content (AvgIpc) is 3.24. The number of amides is 1. The van der Waals surface area contributed by atoms with E-state index in [4.69, 9.17) is 4.42 Å². The molecule has 0 bridgehead atoms. The maximum Gasteiger partial charge on any atom is 0.240 e. The number of carbonyl (C=O) groups excluding carboxylic acids is 1. The number of nitrogens with one attached hydrogen (secondary N) is 1. The molecule has 0 aliphatic carbocycles. The Kier molecular flexibility index (Phi) is 6.95. The van der Waals surface area contributed by atoms with Gasteiger partial charge in [0.15, 0.2) is 0 Å². The summed E-state index contributed by atoms with van der Waals surface area (Å²) in [6, 6.07) is 20.7. The van der Waals surface area contributed by atoms with Crippen LogP contribution in [0.2, 0.25) is 0 Å². The Bertz CT molecular complexity index is 1050. The molecular weight excluding hydrogens is 400 g/mol. The second kappa shape index (κ2) is 9.63. The number of anilines is 1. The molecule has 30 heavy (non-hydrogen) atoms. The predicted molar refractivity (Wildman–Crippen MR) is 118 cm³/mol. The van der Waals surface area contributed by atoms with E-state index in [0.29, 0.717) is 18.7 Å². The maximum atomic E-state index is 12.5. The van der Waals surface area contributed by atoms with Crippen molar-refractivity contribution in [3.05, 3.63) is 89.9 Å². The van der Waals surface area contributed by atoms with Crippen molar-refractivity contribution in [2.75, 3.05) is 23.7 Å². The normalized spacial score (nSPS) is 12.3. The van der Waals surface area contributed by atoms with E-state index in [9.17, 15) is 13.2 Å². The molecule has 7 heteroatoms. The monoisotopic (exact) mass is 426 g/mol. The summed E-state index contributed by atoms with van der Waals surface area (Å²) in [6.07, 6.45) is 3.37. The lowest BCUT2D eigenvalue weighted by Crippen LogP contribution is -2.40. The molecule has 1 aromatic heterocycles. The molecule has 3 rings (SSSR count). The molecule has 3 aromatic rings. The van der Waals surface area contributed by atoms with E-state index in [2.05, 4.69) is 5.32 Å². The molecule has 1 N–H and O–H groups in total. The van der Waals surface area contributed by atoms with E-state index >= 15 is 0 Å². The van der Waals surface area contributed by atoms with Crippen LogP contribution < -0.4 is 9.62 Å². The van der Waals surface area contributed by atoms with Gasteiger partial charge in [-0.3, -0.25) is 9.10 Å². The Morgan fingerprint density at radius 3 is 2.33 bits per heavy atom. The highest BCUT2D eigenvalue weighted by Gasteiger charge is 2.21. The first-order valence-electron chi connectivity index (χ1n) is 9.74. The molecule has 0 saturated heterocycles. The number of sulfonamides is 1. The van der Waals surface area contributed by atoms with Gasteiger partial charge in [0.1, 0.15) is 12.3 Å². The second-order valence-corrected chi connectivity index (χ2v) is 9.13. The molecule has 1 unspecified atom stereocenters. The van der Waals surface area contributed by atoms with Gasteiger partial charge in [-0.1, -0.05) is 48.0 Å². The molecule has 6 nitrogen and oxygen atoms in total. The SMILES string of the molecule is Cc1ccc(N(CC(=O)NCCC(c2ccccc2)c2ccco2)S(C)(=O)=O)cc1. The number of aryl methyl sites for hydroxylation is 1. The molecule has 158 valence electrons. The molecule has 0 saturated carbocycles. The first-order chi connectivity index (χ1) is 14.3. The second-order valence-electron chi connectivity index (χ2n) is 7.22. The van der Waals surface area contributed by atoms with E-state index in [-0.39, 0.29) is 18.4 Å². The summed E-state index contributed by atoms with van der Waals surface area (Å²) in [7, 11) is -3.59. The fourth-order valence-electron chi connectivity index (χ4n) is 3.30. The van der Waals surface area contributed by atoms with Gasteiger partial charge in [-0.2, -0.15) is 0 Å². The Morgan fingerprint density at radius 2 is 1.73 bits per heavy atom. The zero-order chi connectivity index (χ0) is 21.6. The smallest absolute Gasteiger partial charge is 0.240 e. The summed E-state index contributed by atoms with van der Waals surface area (Å²) in [4.78, 5) is 12.5. The van der Waals surface area contributed by atoms with Crippen molar-refractivity contribution >= 4 is 21.6 Å². The highest BCUT2D eigenvalue weighted by atomic mass is 32.2. The van der Waals surface area contributed by atoms with Crippen molar-refractivity contribution < 1.29 is 17.6 Å². The third-order valence-corrected chi connectivity index (χ3v) is 5.99. The molecule has 2 aromatic carbocycles. The van der Waals surface area contributed by atoms with Crippen molar-refractivity contribution in [1.29, 1.82) is 0 Å². The fourth-order valence-corrected chi connectivity index (χ4v) is 4.16. The molecule has 0 spiro atoms. The largest absolute Gasteiger partial charge is 0.469 e. The van der Waals surface area contributed by atoms with Gasteiger partial charge in [0.2, 0.25) is 15.9 Å². The number of carbonyl (C=O) groups is 1. The van der Waals surface area contributed by atoms with Gasteiger partial charge in [-0.25, -0.2) is 8.42 Å². The highest BCUT2D eigenvalue weighted by molar-refractivity contribution is 7.92. The Morgan fingerprint density at radius 1 is 1.03 bits per heavy atom. The first kappa shape index (κ1) is 21.6. The predicted octanol–water partition coefficient (Wildman–Crippen LogP) is 3.69. The topological polar surface area (TPSA) is 79.6 Å². The summed E-state index contributed by atoms with van der Waals surface area (Å²) in [5.74, 6) is 0.477. The van der Waals surface area contributed by atoms with Crippen LogP contribution in [-0.2, 0) is 14.8 Å². The van der Waals surface area contributed by atoms with Gasteiger partial charge in [-0.05, 0) is 43.2 Å². The van der Waals surface area contributed by atoms with Gasteiger partial charge in [0, 0.05) is 12.5 Å². The van der Waals surface area contributed by atoms with Crippen molar-refractivity contribution in [1.82, 2.24) is 5.32 Å². The fraction of sp³-hybridized carbons (Fsp3) is 0.261. The summed E-state index contributed by atoms with van der Waals surface area (Å²) in [6.45, 7) is 2.05. The van der Waals surface area contributed by atoms with Gasteiger partial charge in [0.05, 0.1) is 18.2 Å². The molecular formula is C23H26N2O4S. The van der Waals surface area contributed by atoms with Crippen LogP contribution in [-0.4, -0.2) is 33.7 Å². The molecule has 1 amide bonds. The van der Waals surface area contributed by atoms with Crippen LogP contribution in [0.1, 0.15) is 29.2 Å². The lowest BCUT2D eigenvalue weighted by atomic mass is 9.93. The maximum absolute atomic E-state index is 12.5. The molecule has 1 atom stereocenters. The standard InChI is InChI=1S/C23H26N2O4S/c1-18-10-12-20(13-11-18)25(30(2,27)28)17-23(26)24-15-14-21(22-9-6-16-29-22)19-7-4-3-5-8-19/h3-13,16,21H,14-15,17H2,1-2H3,(H,24,26). The van der Waals surface area contributed by atoms with Gasteiger partial charge in [0.25, 0.3) is 0 Å². The minimum absolute atomic E-state index is 0.00427.